The number of rotatable bonds is 5. The van der Waals surface area contributed by atoms with E-state index in [1.807, 2.05) is 0 Å². The van der Waals surface area contributed by atoms with Gasteiger partial charge in [-0.25, -0.2) is 4.79 Å². The van der Waals surface area contributed by atoms with E-state index < -0.39 is 12.0 Å². The first-order valence-electron chi connectivity index (χ1n) is 9.58. The maximum Gasteiger partial charge on any atom is 0.329 e. The van der Waals surface area contributed by atoms with Crippen molar-refractivity contribution in [2.24, 2.45) is 11.8 Å². The van der Waals surface area contributed by atoms with E-state index in [2.05, 4.69) is 10.1 Å². The molecule has 1 aliphatic carbocycles. The molecular weight excluding hydrogens is 398 g/mol. The molecule has 29 heavy (non-hydrogen) atoms. The predicted molar refractivity (Wildman–Crippen MR) is 101 cm³/mol. The van der Waals surface area contributed by atoms with Gasteiger partial charge in [-0.05, 0) is 44.0 Å². The second-order valence-corrected chi connectivity index (χ2v) is 7.78. The number of amides is 2. The van der Waals surface area contributed by atoms with Crippen molar-refractivity contribution in [3.63, 3.8) is 0 Å². The summed E-state index contributed by atoms with van der Waals surface area (Å²) in [5.41, 5.74) is 0.708. The lowest BCUT2D eigenvalue weighted by Crippen LogP contribution is -2.44. The average molecular weight is 418 g/mol. The van der Waals surface area contributed by atoms with Crippen LogP contribution < -0.4 is 0 Å². The van der Waals surface area contributed by atoms with Gasteiger partial charge in [-0.15, -0.1) is 0 Å². The number of ether oxygens (including phenoxy) is 1. The zero-order valence-electron chi connectivity index (χ0n) is 15.8. The summed E-state index contributed by atoms with van der Waals surface area (Å²) in [5.74, 6) is -1.37. The van der Waals surface area contributed by atoms with Crippen molar-refractivity contribution in [3.05, 3.63) is 35.2 Å². The summed E-state index contributed by atoms with van der Waals surface area (Å²) in [6.07, 6.45) is 3.26. The molecule has 152 valence electrons. The molecule has 2 aromatic rings. The van der Waals surface area contributed by atoms with Crippen molar-refractivity contribution in [3.8, 4) is 11.4 Å². The third-order valence-corrected chi connectivity index (χ3v) is 5.76. The maximum atomic E-state index is 12.6. The molecule has 1 saturated carbocycles. The number of nitrogens with zero attached hydrogens (tertiary/aromatic N) is 3. The minimum atomic E-state index is -0.987. The smallest absolute Gasteiger partial charge is 0.329 e. The van der Waals surface area contributed by atoms with Gasteiger partial charge in [-0.3, -0.25) is 14.5 Å². The van der Waals surface area contributed by atoms with Gasteiger partial charge in [0.15, 0.2) is 6.61 Å². The SMILES string of the molecule is C[C@@H](C(=O)OCc1nc(-c2ccc(Cl)cc2)no1)N1C(=O)[C@H]2CCCC[C@H]2C1=O. The second-order valence-electron chi connectivity index (χ2n) is 7.35. The lowest BCUT2D eigenvalue weighted by Gasteiger charge is -2.21. The minimum absolute atomic E-state index is 0.114. The Hall–Kier alpha value is -2.74. The summed E-state index contributed by atoms with van der Waals surface area (Å²) in [7, 11) is 0. The fourth-order valence-corrected chi connectivity index (χ4v) is 4.08. The van der Waals surface area contributed by atoms with Crippen LogP contribution in [0.2, 0.25) is 5.02 Å². The Balaban J connectivity index is 1.38. The number of imide groups is 1. The summed E-state index contributed by atoms with van der Waals surface area (Å²) in [6.45, 7) is 1.26. The van der Waals surface area contributed by atoms with E-state index in [-0.39, 0.29) is 36.1 Å². The van der Waals surface area contributed by atoms with E-state index in [4.69, 9.17) is 20.9 Å². The highest BCUT2D eigenvalue weighted by Gasteiger charge is 2.51. The third-order valence-electron chi connectivity index (χ3n) is 5.51. The molecule has 1 aromatic carbocycles. The lowest BCUT2D eigenvalue weighted by atomic mass is 9.81. The zero-order chi connectivity index (χ0) is 20.5. The lowest BCUT2D eigenvalue weighted by molar-refractivity contribution is -0.159. The van der Waals surface area contributed by atoms with Crippen molar-refractivity contribution < 1.29 is 23.6 Å². The number of halogens is 1. The first-order chi connectivity index (χ1) is 14.0. The number of hydrogen-bond donors (Lipinski definition) is 0. The normalized spacial score (nSPS) is 22.5. The first-order valence-corrected chi connectivity index (χ1v) is 9.95. The Morgan fingerprint density at radius 1 is 1.21 bits per heavy atom. The highest BCUT2D eigenvalue weighted by atomic mass is 35.5. The van der Waals surface area contributed by atoms with Crippen LogP contribution in [0.25, 0.3) is 11.4 Å². The molecule has 0 spiro atoms. The molecule has 9 heteroatoms. The summed E-state index contributed by atoms with van der Waals surface area (Å²) in [6, 6.07) is 5.91. The van der Waals surface area contributed by atoms with E-state index in [1.165, 1.54) is 6.92 Å². The van der Waals surface area contributed by atoms with Crippen LogP contribution in [0.1, 0.15) is 38.5 Å². The zero-order valence-corrected chi connectivity index (χ0v) is 16.6. The topological polar surface area (TPSA) is 103 Å². The van der Waals surface area contributed by atoms with E-state index in [9.17, 15) is 14.4 Å². The number of carbonyl (C=O) groups excluding carboxylic acids is 3. The number of likely N-dealkylation sites (tertiary alicyclic amines) is 1. The average Bonchev–Trinajstić information content (AvgIpc) is 3.30. The number of benzene rings is 1. The van der Waals surface area contributed by atoms with E-state index in [1.54, 1.807) is 24.3 Å². The van der Waals surface area contributed by atoms with Gasteiger partial charge in [-0.1, -0.05) is 29.6 Å². The second kappa shape index (κ2) is 7.94. The molecule has 2 aliphatic rings. The Kier molecular flexibility index (Phi) is 5.36. The molecule has 1 aromatic heterocycles. The molecule has 3 atom stereocenters. The Bertz CT molecular complexity index is 918. The van der Waals surface area contributed by atoms with Crippen molar-refractivity contribution in [1.82, 2.24) is 15.0 Å². The molecule has 2 fully saturated rings. The molecule has 2 amide bonds. The van der Waals surface area contributed by atoms with Gasteiger partial charge in [0.25, 0.3) is 5.89 Å². The molecule has 0 N–H and O–H groups in total. The van der Waals surface area contributed by atoms with Gasteiger partial charge in [0, 0.05) is 10.6 Å². The Morgan fingerprint density at radius 3 is 2.45 bits per heavy atom. The van der Waals surface area contributed by atoms with Crippen LogP contribution in [-0.4, -0.2) is 38.9 Å². The van der Waals surface area contributed by atoms with Crippen LogP contribution in [0.5, 0.6) is 0 Å². The largest absolute Gasteiger partial charge is 0.454 e. The summed E-state index contributed by atoms with van der Waals surface area (Å²) < 4.78 is 10.3. The highest BCUT2D eigenvalue weighted by molar-refractivity contribution is 6.30. The first kappa shape index (κ1) is 19.6. The number of esters is 1. The Morgan fingerprint density at radius 2 is 1.83 bits per heavy atom. The van der Waals surface area contributed by atoms with Crippen LogP contribution in [0.15, 0.2) is 28.8 Å². The molecule has 1 aliphatic heterocycles. The van der Waals surface area contributed by atoms with Crippen molar-refractivity contribution >= 4 is 29.4 Å². The monoisotopic (exact) mass is 417 g/mol. The molecular formula is C20H20ClN3O5. The fraction of sp³-hybridized carbons (Fsp3) is 0.450. The van der Waals surface area contributed by atoms with Crippen molar-refractivity contribution in [2.45, 2.75) is 45.3 Å². The van der Waals surface area contributed by atoms with E-state index in [0.717, 1.165) is 17.7 Å². The van der Waals surface area contributed by atoms with Gasteiger partial charge in [0.2, 0.25) is 17.6 Å². The molecule has 2 heterocycles. The molecule has 1 saturated heterocycles. The summed E-state index contributed by atoms with van der Waals surface area (Å²) >= 11 is 5.86. The third kappa shape index (κ3) is 3.76. The van der Waals surface area contributed by atoms with Gasteiger partial charge in [-0.2, -0.15) is 4.98 Å². The summed E-state index contributed by atoms with van der Waals surface area (Å²) in [5, 5.41) is 4.44. The quantitative estimate of drug-likeness (QED) is 0.544. The van der Waals surface area contributed by atoms with Gasteiger partial charge >= 0.3 is 5.97 Å². The standard InChI is InChI=1S/C20H20ClN3O5/c1-11(24-18(25)14-4-2-3-5-15(14)19(24)26)20(27)28-10-16-22-17(23-29-16)12-6-8-13(21)9-7-12/h6-9,11,14-15H,2-5,10H2,1H3/t11-,14-,15+/m0/s1. The van der Waals surface area contributed by atoms with Crippen molar-refractivity contribution in [1.29, 1.82) is 0 Å². The van der Waals surface area contributed by atoms with Crippen molar-refractivity contribution in [2.75, 3.05) is 0 Å². The summed E-state index contributed by atoms with van der Waals surface area (Å²) in [4.78, 5) is 42.9. The molecule has 8 nitrogen and oxygen atoms in total. The number of carbonyl (C=O) groups is 3. The van der Waals surface area contributed by atoms with Gasteiger partial charge < -0.3 is 9.26 Å². The Labute approximate surface area is 172 Å². The van der Waals surface area contributed by atoms with Gasteiger partial charge in [0.05, 0.1) is 11.8 Å². The fourth-order valence-electron chi connectivity index (χ4n) is 3.96. The van der Waals surface area contributed by atoms with Crippen LogP contribution >= 0.6 is 11.6 Å². The van der Waals surface area contributed by atoms with Gasteiger partial charge in [0.1, 0.15) is 6.04 Å². The molecule has 4 rings (SSSR count). The predicted octanol–water partition coefficient (Wildman–Crippen LogP) is 3.00. The van der Waals surface area contributed by atoms with Crippen LogP contribution in [0.3, 0.4) is 0 Å². The molecule has 0 radical (unpaired) electrons. The number of aromatic nitrogens is 2. The highest BCUT2D eigenvalue weighted by Crippen LogP contribution is 2.38. The van der Waals surface area contributed by atoms with E-state index >= 15 is 0 Å². The molecule has 0 bridgehead atoms. The number of fused-ring (bicyclic) bond motifs is 1. The maximum absolute atomic E-state index is 12.6. The van der Waals surface area contributed by atoms with Crippen LogP contribution in [-0.2, 0) is 25.7 Å². The molecule has 0 unspecified atom stereocenters. The minimum Gasteiger partial charge on any atom is -0.454 e. The van der Waals surface area contributed by atoms with Crippen LogP contribution in [0.4, 0.5) is 0 Å². The van der Waals surface area contributed by atoms with Crippen LogP contribution in [0, 0.1) is 11.8 Å². The number of hydrogen-bond acceptors (Lipinski definition) is 7. The van der Waals surface area contributed by atoms with E-state index in [0.29, 0.717) is 29.3 Å².